The molecule has 2 N–H and O–H groups in total. The highest BCUT2D eigenvalue weighted by Crippen LogP contribution is 2.09. The molecule has 0 fully saturated rings. The molecule has 0 aliphatic heterocycles. The number of hydrogen-bond acceptors (Lipinski definition) is 3. The van der Waals surface area contributed by atoms with Crippen molar-refractivity contribution in [3.8, 4) is 0 Å². The average molecular weight is 273 g/mol. The molecule has 1 heterocycles. The van der Waals surface area contributed by atoms with Crippen molar-refractivity contribution in [3.63, 3.8) is 0 Å². The summed E-state index contributed by atoms with van der Waals surface area (Å²) in [7, 11) is 0. The molecule has 1 aromatic heterocycles. The summed E-state index contributed by atoms with van der Waals surface area (Å²) in [6.07, 6.45) is 1.61. The highest BCUT2D eigenvalue weighted by molar-refractivity contribution is 7.80. The van der Waals surface area contributed by atoms with Crippen LogP contribution in [0.15, 0.2) is 52.2 Å². The van der Waals surface area contributed by atoms with E-state index in [1.54, 1.807) is 6.26 Å². The molecule has 2 rings (SSSR count). The van der Waals surface area contributed by atoms with Crippen LogP contribution in [0.4, 0.5) is 5.69 Å². The monoisotopic (exact) mass is 273 g/mol. The van der Waals surface area contributed by atoms with Gasteiger partial charge in [0.25, 0.3) is 0 Å². The molecule has 4 nitrogen and oxygen atoms in total. The van der Waals surface area contributed by atoms with Gasteiger partial charge in [-0.3, -0.25) is 5.43 Å². The fourth-order valence-corrected chi connectivity index (χ4v) is 1.72. The lowest BCUT2D eigenvalue weighted by molar-refractivity contribution is 0.556. The second-order valence-electron chi connectivity index (χ2n) is 4.11. The summed E-state index contributed by atoms with van der Waals surface area (Å²) < 4.78 is 5.23. The van der Waals surface area contributed by atoms with Gasteiger partial charge in [-0.15, -0.1) is 0 Å². The van der Waals surface area contributed by atoms with E-state index in [1.807, 2.05) is 50.2 Å². The number of aryl methyl sites for hydroxylation is 1. The molecule has 98 valence electrons. The summed E-state index contributed by atoms with van der Waals surface area (Å²) in [5.74, 6) is 0.714. The lowest BCUT2D eigenvalue weighted by Gasteiger charge is -2.08. The van der Waals surface area contributed by atoms with E-state index >= 15 is 0 Å². The number of anilines is 1. The molecule has 0 spiro atoms. The number of hydrogen-bond donors (Lipinski definition) is 2. The Morgan fingerprint density at radius 1 is 1.26 bits per heavy atom. The Labute approximate surface area is 117 Å². The maximum atomic E-state index is 5.23. The molecule has 2 aromatic rings. The van der Waals surface area contributed by atoms with Crippen LogP contribution in [-0.2, 0) is 0 Å². The molecule has 0 amide bonds. The standard InChI is InChI=1S/C14H15N3OS/c1-10-5-3-6-12(9-10)15-14(19)17-16-11(2)13-7-4-8-18-13/h3-9H,1-2H3,(H2,15,17,19)/b16-11-. The summed E-state index contributed by atoms with van der Waals surface area (Å²) in [4.78, 5) is 0. The van der Waals surface area contributed by atoms with E-state index in [9.17, 15) is 0 Å². The zero-order valence-corrected chi connectivity index (χ0v) is 11.6. The summed E-state index contributed by atoms with van der Waals surface area (Å²) in [6.45, 7) is 3.88. The third-order valence-corrected chi connectivity index (χ3v) is 2.67. The smallest absolute Gasteiger partial charge is 0.191 e. The van der Waals surface area contributed by atoms with Gasteiger partial charge in [-0.05, 0) is 55.9 Å². The van der Waals surface area contributed by atoms with E-state index in [0.717, 1.165) is 11.4 Å². The molecule has 0 aliphatic carbocycles. The zero-order chi connectivity index (χ0) is 13.7. The van der Waals surface area contributed by atoms with E-state index in [-0.39, 0.29) is 0 Å². The van der Waals surface area contributed by atoms with Gasteiger partial charge in [0.15, 0.2) is 5.11 Å². The van der Waals surface area contributed by atoms with Crippen LogP contribution >= 0.6 is 12.2 Å². The lowest BCUT2D eigenvalue weighted by atomic mass is 10.2. The van der Waals surface area contributed by atoms with Crippen LogP contribution < -0.4 is 10.7 Å². The Balaban J connectivity index is 1.93. The van der Waals surface area contributed by atoms with Gasteiger partial charge >= 0.3 is 0 Å². The van der Waals surface area contributed by atoms with E-state index in [4.69, 9.17) is 16.6 Å². The van der Waals surface area contributed by atoms with Crippen molar-refractivity contribution in [2.24, 2.45) is 5.10 Å². The number of furan rings is 1. The van der Waals surface area contributed by atoms with E-state index in [1.165, 1.54) is 5.56 Å². The number of nitrogens with one attached hydrogen (secondary N) is 2. The van der Waals surface area contributed by atoms with Crippen LogP contribution in [0.25, 0.3) is 0 Å². The number of hydrazone groups is 1. The molecule has 1 aromatic carbocycles. The van der Waals surface area contributed by atoms with Crippen molar-refractivity contribution < 1.29 is 4.42 Å². The SMILES string of the molecule is C/C(=N/NC(=S)Nc1cccc(C)c1)c1ccco1. The van der Waals surface area contributed by atoms with Crippen LogP contribution in [0.5, 0.6) is 0 Å². The highest BCUT2D eigenvalue weighted by Gasteiger charge is 2.01. The highest BCUT2D eigenvalue weighted by atomic mass is 32.1. The predicted molar refractivity (Wildman–Crippen MR) is 81.5 cm³/mol. The topological polar surface area (TPSA) is 49.6 Å². The molecule has 0 atom stereocenters. The van der Waals surface area contributed by atoms with Crippen LogP contribution in [0.1, 0.15) is 18.2 Å². The summed E-state index contributed by atoms with van der Waals surface area (Å²) in [5, 5.41) is 7.66. The number of nitrogens with zero attached hydrogens (tertiary/aromatic N) is 1. The number of benzene rings is 1. The maximum Gasteiger partial charge on any atom is 0.191 e. The molecule has 19 heavy (non-hydrogen) atoms. The third kappa shape index (κ3) is 3.93. The Morgan fingerprint density at radius 3 is 2.79 bits per heavy atom. The Bertz CT molecular complexity index is 590. The van der Waals surface area contributed by atoms with Crippen molar-refractivity contribution in [3.05, 3.63) is 54.0 Å². The Hall–Kier alpha value is -2.14. The number of thiocarbonyl (C=S) groups is 1. The fourth-order valence-electron chi connectivity index (χ4n) is 1.56. The van der Waals surface area contributed by atoms with Crippen molar-refractivity contribution in [2.75, 3.05) is 5.32 Å². The van der Waals surface area contributed by atoms with Gasteiger partial charge in [-0.1, -0.05) is 12.1 Å². The minimum absolute atomic E-state index is 0.441. The summed E-state index contributed by atoms with van der Waals surface area (Å²) >= 11 is 5.17. The lowest BCUT2D eigenvalue weighted by Crippen LogP contribution is -2.24. The molecule has 5 heteroatoms. The van der Waals surface area contributed by atoms with E-state index in [2.05, 4.69) is 15.8 Å². The molecule has 0 saturated heterocycles. The predicted octanol–water partition coefficient (Wildman–Crippen LogP) is 3.30. The van der Waals surface area contributed by atoms with Crippen LogP contribution in [-0.4, -0.2) is 10.8 Å². The first-order valence-electron chi connectivity index (χ1n) is 5.87. The van der Waals surface area contributed by atoms with Crippen molar-refractivity contribution >= 4 is 28.7 Å². The van der Waals surface area contributed by atoms with Crippen LogP contribution in [0.2, 0.25) is 0 Å². The summed E-state index contributed by atoms with van der Waals surface area (Å²) in [5.41, 5.74) is 5.62. The van der Waals surface area contributed by atoms with Crippen molar-refractivity contribution in [2.45, 2.75) is 13.8 Å². The molecular formula is C14H15N3OS. The summed E-state index contributed by atoms with van der Waals surface area (Å²) in [6, 6.07) is 11.6. The minimum atomic E-state index is 0.441. The van der Waals surface area contributed by atoms with Gasteiger partial charge in [0.05, 0.1) is 6.26 Å². The minimum Gasteiger partial charge on any atom is -0.463 e. The molecule has 0 radical (unpaired) electrons. The van der Waals surface area contributed by atoms with Crippen molar-refractivity contribution in [1.29, 1.82) is 0 Å². The quantitative estimate of drug-likeness (QED) is 0.512. The van der Waals surface area contributed by atoms with Gasteiger partial charge in [-0.2, -0.15) is 5.10 Å². The molecule has 0 unspecified atom stereocenters. The van der Waals surface area contributed by atoms with Gasteiger partial charge in [0, 0.05) is 5.69 Å². The second-order valence-corrected chi connectivity index (χ2v) is 4.52. The third-order valence-electron chi connectivity index (χ3n) is 2.48. The normalized spacial score (nSPS) is 11.2. The zero-order valence-electron chi connectivity index (χ0n) is 10.8. The largest absolute Gasteiger partial charge is 0.463 e. The fraction of sp³-hybridized carbons (Fsp3) is 0.143. The molecule has 0 bridgehead atoms. The van der Waals surface area contributed by atoms with Gasteiger partial charge in [0.1, 0.15) is 11.5 Å². The van der Waals surface area contributed by atoms with Gasteiger partial charge < -0.3 is 9.73 Å². The average Bonchev–Trinajstić information content (AvgIpc) is 2.90. The van der Waals surface area contributed by atoms with Gasteiger partial charge in [-0.25, -0.2) is 0 Å². The molecular weight excluding hydrogens is 258 g/mol. The van der Waals surface area contributed by atoms with E-state index in [0.29, 0.717) is 10.9 Å². The Morgan fingerprint density at radius 2 is 2.11 bits per heavy atom. The first-order valence-corrected chi connectivity index (χ1v) is 6.28. The first kappa shape index (κ1) is 13.3. The second kappa shape index (κ2) is 6.15. The maximum absolute atomic E-state index is 5.23. The van der Waals surface area contributed by atoms with E-state index < -0.39 is 0 Å². The van der Waals surface area contributed by atoms with Crippen molar-refractivity contribution in [1.82, 2.24) is 5.43 Å². The first-order chi connectivity index (χ1) is 9.15. The number of rotatable bonds is 3. The van der Waals surface area contributed by atoms with Gasteiger partial charge in [0.2, 0.25) is 0 Å². The van der Waals surface area contributed by atoms with Crippen LogP contribution in [0.3, 0.4) is 0 Å². The Kier molecular flexibility index (Phi) is 4.30. The van der Waals surface area contributed by atoms with Crippen LogP contribution in [0, 0.1) is 6.92 Å². The molecule has 0 saturated carbocycles. The molecule has 0 aliphatic rings.